The standard InChI is InChI=1S/C10H17N3O3/c1-3-9-8(6-10(15)16)11-12-13(9)5-4-7(2)14/h7,14H,3-6H2,1-2H3,(H,15,16). The van der Waals surface area contributed by atoms with E-state index < -0.39 is 12.1 Å². The fourth-order valence-corrected chi connectivity index (χ4v) is 1.52. The van der Waals surface area contributed by atoms with E-state index in [2.05, 4.69) is 10.3 Å². The molecule has 0 aromatic carbocycles. The number of aliphatic hydroxyl groups is 1. The van der Waals surface area contributed by atoms with Crippen LogP contribution >= 0.6 is 0 Å². The molecule has 1 rings (SSSR count). The lowest BCUT2D eigenvalue weighted by Gasteiger charge is -2.06. The highest BCUT2D eigenvalue weighted by Crippen LogP contribution is 2.08. The monoisotopic (exact) mass is 227 g/mol. The number of aliphatic hydroxyl groups excluding tert-OH is 1. The number of carbonyl (C=O) groups is 1. The number of aliphatic carboxylic acids is 1. The summed E-state index contributed by atoms with van der Waals surface area (Å²) in [5.41, 5.74) is 1.35. The average molecular weight is 227 g/mol. The molecule has 1 heterocycles. The Kier molecular flexibility index (Phi) is 4.42. The van der Waals surface area contributed by atoms with Crippen LogP contribution in [0.1, 0.15) is 31.7 Å². The van der Waals surface area contributed by atoms with Crippen LogP contribution in [0, 0.1) is 0 Å². The van der Waals surface area contributed by atoms with E-state index in [0.717, 1.165) is 5.69 Å². The molecule has 1 aromatic rings. The van der Waals surface area contributed by atoms with Gasteiger partial charge in [-0.1, -0.05) is 12.1 Å². The lowest BCUT2D eigenvalue weighted by Crippen LogP contribution is -2.11. The molecule has 0 bridgehead atoms. The molecule has 1 aromatic heterocycles. The Balaban J connectivity index is 2.77. The summed E-state index contributed by atoms with van der Waals surface area (Å²) in [4.78, 5) is 10.6. The van der Waals surface area contributed by atoms with Crippen molar-refractivity contribution in [3.63, 3.8) is 0 Å². The minimum Gasteiger partial charge on any atom is -0.481 e. The van der Waals surface area contributed by atoms with E-state index in [-0.39, 0.29) is 6.42 Å². The van der Waals surface area contributed by atoms with Gasteiger partial charge in [-0.05, 0) is 19.8 Å². The van der Waals surface area contributed by atoms with Gasteiger partial charge in [-0.25, -0.2) is 4.68 Å². The van der Waals surface area contributed by atoms with Crippen molar-refractivity contribution >= 4 is 5.97 Å². The maximum atomic E-state index is 10.6. The van der Waals surface area contributed by atoms with Crippen molar-refractivity contribution in [1.29, 1.82) is 0 Å². The molecule has 0 aliphatic heterocycles. The Morgan fingerprint density at radius 3 is 2.75 bits per heavy atom. The first-order valence-electron chi connectivity index (χ1n) is 5.35. The number of hydrogen-bond acceptors (Lipinski definition) is 4. The maximum Gasteiger partial charge on any atom is 0.309 e. The number of aromatic nitrogens is 3. The molecule has 6 heteroatoms. The van der Waals surface area contributed by atoms with Gasteiger partial charge in [0.05, 0.1) is 23.9 Å². The molecular formula is C10H17N3O3. The molecule has 0 aliphatic rings. The van der Waals surface area contributed by atoms with Crippen LogP contribution in [0.15, 0.2) is 0 Å². The summed E-state index contributed by atoms with van der Waals surface area (Å²) in [6, 6.07) is 0. The van der Waals surface area contributed by atoms with Gasteiger partial charge in [-0.3, -0.25) is 4.79 Å². The first-order chi connectivity index (χ1) is 7.54. The Morgan fingerprint density at radius 1 is 1.56 bits per heavy atom. The molecule has 0 amide bonds. The Morgan fingerprint density at radius 2 is 2.25 bits per heavy atom. The second-order valence-electron chi connectivity index (χ2n) is 3.77. The van der Waals surface area contributed by atoms with Crippen LogP contribution < -0.4 is 0 Å². The highest BCUT2D eigenvalue weighted by molar-refractivity contribution is 5.69. The summed E-state index contributed by atoms with van der Waals surface area (Å²) in [5, 5.41) is 25.6. The molecule has 0 saturated heterocycles. The SMILES string of the molecule is CCc1c(CC(=O)O)nnn1CCC(C)O. The lowest BCUT2D eigenvalue weighted by atomic mass is 10.2. The van der Waals surface area contributed by atoms with Crippen LogP contribution in [0.2, 0.25) is 0 Å². The van der Waals surface area contributed by atoms with Crippen molar-refractivity contribution in [2.75, 3.05) is 0 Å². The van der Waals surface area contributed by atoms with Crippen molar-refractivity contribution in [2.45, 2.75) is 45.8 Å². The van der Waals surface area contributed by atoms with Gasteiger partial charge in [0.25, 0.3) is 0 Å². The lowest BCUT2D eigenvalue weighted by molar-refractivity contribution is -0.136. The van der Waals surface area contributed by atoms with E-state index in [1.54, 1.807) is 11.6 Å². The third kappa shape index (κ3) is 3.30. The van der Waals surface area contributed by atoms with Crippen LogP contribution in [0.5, 0.6) is 0 Å². The molecule has 2 N–H and O–H groups in total. The fourth-order valence-electron chi connectivity index (χ4n) is 1.52. The summed E-state index contributed by atoms with van der Waals surface area (Å²) in [7, 11) is 0. The predicted molar refractivity (Wildman–Crippen MR) is 57.0 cm³/mol. The van der Waals surface area contributed by atoms with Crippen LogP contribution in [-0.2, 0) is 24.2 Å². The van der Waals surface area contributed by atoms with Crippen LogP contribution in [0.4, 0.5) is 0 Å². The van der Waals surface area contributed by atoms with Crippen molar-refractivity contribution in [1.82, 2.24) is 15.0 Å². The van der Waals surface area contributed by atoms with Crippen LogP contribution in [0.3, 0.4) is 0 Å². The average Bonchev–Trinajstić information content (AvgIpc) is 2.56. The van der Waals surface area contributed by atoms with Gasteiger partial charge < -0.3 is 10.2 Å². The van der Waals surface area contributed by atoms with E-state index in [1.165, 1.54) is 0 Å². The first-order valence-corrected chi connectivity index (χ1v) is 5.35. The third-order valence-corrected chi connectivity index (χ3v) is 2.33. The molecule has 1 atom stereocenters. The largest absolute Gasteiger partial charge is 0.481 e. The van der Waals surface area contributed by atoms with Gasteiger partial charge in [-0.2, -0.15) is 0 Å². The quantitative estimate of drug-likeness (QED) is 0.726. The molecule has 16 heavy (non-hydrogen) atoms. The molecule has 6 nitrogen and oxygen atoms in total. The highest BCUT2D eigenvalue weighted by Gasteiger charge is 2.14. The van der Waals surface area contributed by atoms with Gasteiger partial charge in [-0.15, -0.1) is 5.10 Å². The van der Waals surface area contributed by atoms with E-state index in [0.29, 0.717) is 25.1 Å². The van der Waals surface area contributed by atoms with Crippen molar-refractivity contribution < 1.29 is 15.0 Å². The van der Waals surface area contributed by atoms with Crippen molar-refractivity contribution in [3.05, 3.63) is 11.4 Å². The third-order valence-electron chi connectivity index (χ3n) is 2.33. The normalized spacial score (nSPS) is 12.7. The highest BCUT2D eigenvalue weighted by atomic mass is 16.4. The number of carboxylic acids is 1. The molecule has 0 radical (unpaired) electrons. The topological polar surface area (TPSA) is 88.2 Å². The van der Waals surface area contributed by atoms with Gasteiger partial charge in [0.1, 0.15) is 0 Å². The zero-order valence-electron chi connectivity index (χ0n) is 9.55. The summed E-state index contributed by atoms with van der Waals surface area (Å²) < 4.78 is 1.67. The number of carboxylic acid groups (broad SMARTS) is 1. The summed E-state index contributed by atoms with van der Waals surface area (Å²) in [6.45, 7) is 4.21. The molecule has 90 valence electrons. The minimum absolute atomic E-state index is 0.0994. The van der Waals surface area contributed by atoms with Crippen LogP contribution in [0.25, 0.3) is 0 Å². The number of nitrogens with zero attached hydrogens (tertiary/aromatic N) is 3. The molecule has 1 unspecified atom stereocenters. The van der Waals surface area contributed by atoms with Crippen molar-refractivity contribution in [3.8, 4) is 0 Å². The molecule has 0 fully saturated rings. The van der Waals surface area contributed by atoms with E-state index in [1.807, 2.05) is 6.92 Å². The second-order valence-corrected chi connectivity index (χ2v) is 3.77. The Bertz CT molecular complexity index is 360. The summed E-state index contributed by atoms with van der Waals surface area (Å²) in [5.74, 6) is -0.905. The molecule has 0 spiro atoms. The Hall–Kier alpha value is -1.43. The molecule has 0 aliphatic carbocycles. The van der Waals surface area contributed by atoms with E-state index >= 15 is 0 Å². The summed E-state index contributed by atoms with van der Waals surface area (Å²) in [6.07, 6.45) is 0.785. The Labute approximate surface area is 93.9 Å². The second kappa shape index (κ2) is 5.60. The molecule has 0 saturated carbocycles. The predicted octanol–water partition coefficient (Wildman–Crippen LogP) is 0.238. The zero-order valence-corrected chi connectivity index (χ0v) is 9.55. The number of rotatable bonds is 6. The smallest absolute Gasteiger partial charge is 0.309 e. The van der Waals surface area contributed by atoms with Gasteiger partial charge in [0, 0.05) is 6.54 Å². The minimum atomic E-state index is -0.905. The first kappa shape index (κ1) is 12.6. The van der Waals surface area contributed by atoms with Gasteiger partial charge in [0.15, 0.2) is 0 Å². The van der Waals surface area contributed by atoms with Crippen molar-refractivity contribution in [2.24, 2.45) is 0 Å². The maximum absolute atomic E-state index is 10.6. The number of aryl methyl sites for hydroxylation is 1. The van der Waals surface area contributed by atoms with Gasteiger partial charge in [0.2, 0.25) is 0 Å². The van der Waals surface area contributed by atoms with Crippen LogP contribution in [-0.4, -0.2) is 37.3 Å². The van der Waals surface area contributed by atoms with E-state index in [4.69, 9.17) is 5.11 Å². The summed E-state index contributed by atoms with van der Waals surface area (Å²) >= 11 is 0. The van der Waals surface area contributed by atoms with E-state index in [9.17, 15) is 9.90 Å². The molecular weight excluding hydrogens is 210 g/mol. The zero-order chi connectivity index (χ0) is 12.1. The number of hydrogen-bond donors (Lipinski definition) is 2. The van der Waals surface area contributed by atoms with Gasteiger partial charge >= 0.3 is 5.97 Å². The fraction of sp³-hybridized carbons (Fsp3) is 0.700.